The van der Waals surface area contributed by atoms with Crippen molar-refractivity contribution in [3.8, 4) is 0 Å². The zero-order chi connectivity index (χ0) is 14.5. The number of hydrogen-bond acceptors (Lipinski definition) is 5. The fourth-order valence-electron chi connectivity index (χ4n) is 2.47. The summed E-state index contributed by atoms with van der Waals surface area (Å²) in [7, 11) is 1.70. The van der Waals surface area contributed by atoms with Gasteiger partial charge in [-0.1, -0.05) is 13.0 Å². The Kier molecular flexibility index (Phi) is 4.92. The van der Waals surface area contributed by atoms with Crippen molar-refractivity contribution in [1.29, 1.82) is 0 Å². The Balaban J connectivity index is 2.07. The molecular formula is C14H21N3O3. The third-order valence-corrected chi connectivity index (χ3v) is 3.61. The molecule has 1 aliphatic rings. The van der Waals surface area contributed by atoms with Crippen LogP contribution in [0.4, 0.5) is 11.4 Å². The summed E-state index contributed by atoms with van der Waals surface area (Å²) in [5, 5.41) is 13.8. The summed E-state index contributed by atoms with van der Waals surface area (Å²) in [5.74, 6) is 0. The number of nitro groups is 1. The summed E-state index contributed by atoms with van der Waals surface area (Å²) in [6, 6.07) is 5.25. The van der Waals surface area contributed by atoms with Gasteiger partial charge in [0.1, 0.15) is 5.69 Å². The van der Waals surface area contributed by atoms with Crippen LogP contribution >= 0.6 is 0 Å². The number of anilines is 1. The van der Waals surface area contributed by atoms with Crippen molar-refractivity contribution in [2.24, 2.45) is 0 Å². The molecule has 1 heterocycles. The highest BCUT2D eigenvalue weighted by atomic mass is 16.6. The smallest absolute Gasteiger partial charge is 0.292 e. The molecule has 2 rings (SSSR count). The Labute approximate surface area is 118 Å². The predicted octanol–water partition coefficient (Wildman–Crippen LogP) is 2.25. The molecule has 1 aliphatic heterocycles. The molecule has 0 spiro atoms. The third kappa shape index (κ3) is 3.46. The summed E-state index contributed by atoms with van der Waals surface area (Å²) < 4.78 is 5.65. The van der Waals surface area contributed by atoms with Crippen LogP contribution in [0.3, 0.4) is 0 Å². The fraction of sp³-hybridized carbons (Fsp3) is 0.571. The van der Waals surface area contributed by atoms with Gasteiger partial charge in [0.2, 0.25) is 0 Å². The summed E-state index contributed by atoms with van der Waals surface area (Å²) in [6.07, 6.45) is 1.31. The molecule has 110 valence electrons. The van der Waals surface area contributed by atoms with Gasteiger partial charge in [-0.3, -0.25) is 15.0 Å². The molecule has 0 amide bonds. The molecule has 1 aromatic rings. The molecule has 6 nitrogen and oxygen atoms in total. The van der Waals surface area contributed by atoms with Gasteiger partial charge >= 0.3 is 0 Å². The number of nitrogens with zero attached hydrogens (tertiary/aromatic N) is 2. The standard InChI is InChI=1S/C14H21N3O3/c1-3-12-10-16(6-7-20-12)9-11-4-5-14(17(18)19)13(8-11)15-2/h4-5,8,12,15H,3,6-7,9-10H2,1-2H3. The lowest BCUT2D eigenvalue weighted by Gasteiger charge is -2.32. The Hall–Kier alpha value is -1.66. The second-order valence-electron chi connectivity index (χ2n) is 4.99. The van der Waals surface area contributed by atoms with Crippen molar-refractivity contribution in [1.82, 2.24) is 4.90 Å². The lowest BCUT2D eigenvalue weighted by molar-refractivity contribution is -0.384. The lowest BCUT2D eigenvalue weighted by Crippen LogP contribution is -2.41. The zero-order valence-corrected chi connectivity index (χ0v) is 12.0. The van der Waals surface area contributed by atoms with Crippen LogP contribution in [0, 0.1) is 10.1 Å². The SMILES string of the molecule is CCC1CN(Cc2ccc([N+](=O)[O-])c(NC)c2)CCO1. The second-order valence-corrected chi connectivity index (χ2v) is 4.99. The summed E-state index contributed by atoms with van der Waals surface area (Å²) in [5.41, 5.74) is 1.76. The van der Waals surface area contributed by atoms with E-state index >= 15 is 0 Å². The average molecular weight is 279 g/mol. The maximum absolute atomic E-state index is 10.9. The highest BCUT2D eigenvalue weighted by molar-refractivity contribution is 5.62. The van der Waals surface area contributed by atoms with Gasteiger partial charge in [-0.2, -0.15) is 0 Å². The van der Waals surface area contributed by atoms with E-state index in [0.717, 1.165) is 38.2 Å². The van der Waals surface area contributed by atoms with Crippen molar-refractivity contribution in [3.05, 3.63) is 33.9 Å². The van der Waals surface area contributed by atoms with Crippen molar-refractivity contribution in [2.75, 3.05) is 32.1 Å². The first-order valence-corrected chi connectivity index (χ1v) is 6.93. The topological polar surface area (TPSA) is 67.6 Å². The van der Waals surface area contributed by atoms with Gasteiger partial charge in [-0.05, 0) is 18.1 Å². The van der Waals surface area contributed by atoms with E-state index in [1.165, 1.54) is 0 Å². The van der Waals surface area contributed by atoms with Gasteiger partial charge in [0.05, 0.1) is 17.6 Å². The van der Waals surface area contributed by atoms with Crippen LogP contribution in [0.5, 0.6) is 0 Å². The van der Waals surface area contributed by atoms with Crippen molar-refractivity contribution >= 4 is 11.4 Å². The van der Waals surface area contributed by atoms with Crippen LogP contribution in [0.15, 0.2) is 18.2 Å². The number of nitrogens with one attached hydrogen (secondary N) is 1. The Morgan fingerprint density at radius 2 is 2.35 bits per heavy atom. The molecule has 1 fully saturated rings. The molecule has 6 heteroatoms. The van der Waals surface area contributed by atoms with Crippen LogP contribution < -0.4 is 5.32 Å². The minimum absolute atomic E-state index is 0.115. The van der Waals surface area contributed by atoms with E-state index in [0.29, 0.717) is 11.8 Å². The van der Waals surface area contributed by atoms with Gasteiger partial charge in [0.15, 0.2) is 0 Å². The van der Waals surface area contributed by atoms with E-state index in [9.17, 15) is 10.1 Å². The molecule has 0 radical (unpaired) electrons. The van der Waals surface area contributed by atoms with E-state index in [4.69, 9.17) is 4.74 Å². The van der Waals surface area contributed by atoms with Gasteiger partial charge in [-0.15, -0.1) is 0 Å². The molecule has 20 heavy (non-hydrogen) atoms. The van der Waals surface area contributed by atoms with Crippen LogP contribution in [0.2, 0.25) is 0 Å². The molecule has 1 aromatic carbocycles. The summed E-state index contributed by atoms with van der Waals surface area (Å²) in [4.78, 5) is 12.9. The van der Waals surface area contributed by atoms with E-state index in [1.807, 2.05) is 12.1 Å². The minimum Gasteiger partial charge on any atom is -0.383 e. The van der Waals surface area contributed by atoms with Crippen molar-refractivity contribution < 1.29 is 9.66 Å². The molecule has 1 saturated heterocycles. The molecule has 1 unspecified atom stereocenters. The highest BCUT2D eigenvalue weighted by Gasteiger charge is 2.20. The zero-order valence-electron chi connectivity index (χ0n) is 12.0. The maximum atomic E-state index is 10.9. The van der Waals surface area contributed by atoms with Crippen LogP contribution in [-0.2, 0) is 11.3 Å². The molecule has 1 atom stereocenters. The second kappa shape index (κ2) is 6.67. The first kappa shape index (κ1) is 14.7. The summed E-state index contributed by atoms with van der Waals surface area (Å²) in [6.45, 7) is 5.50. The monoisotopic (exact) mass is 279 g/mol. The highest BCUT2D eigenvalue weighted by Crippen LogP contribution is 2.25. The van der Waals surface area contributed by atoms with Crippen LogP contribution in [0.1, 0.15) is 18.9 Å². The van der Waals surface area contributed by atoms with E-state index in [2.05, 4.69) is 17.1 Å². The molecule has 0 bridgehead atoms. The van der Waals surface area contributed by atoms with E-state index in [1.54, 1.807) is 13.1 Å². The number of ether oxygens (including phenoxy) is 1. The number of benzene rings is 1. The Morgan fingerprint density at radius 3 is 3.00 bits per heavy atom. The predicted molar refractivity (Wildman–Crippen MR) is 78.0 cm³/mol. The Bertz CT molecular complexity index is 479. The lowest BCUT2D eigenvalue weighted by atomic mass is 10.1. The van der Waals surface area contributed by atoms with Gasteiger partial charge in [0.25, 0.3) is 5.69 Å². The van der Waals surface area contributed by atoms with Crippen molar-refractivity contribution in [2.45, 2.75) is 26.0 Å². The van der Waals surface area contributed by atoms with Gasteiger partial charge in [-0.25, -0.2) is 0 Å². The number of rotatable bonds is 5. The normalized spacial score (nSPS) is 19.8. The number of nitro benzene ring substituents is 1. The molecule has 0 saturated carbocycles. The maximum Gasteiger partial charge on any atom is 0.292 e. The Morgan fingerprint density at radius 1 is 1.55 bits per heavy atom. The molecule has 0 aliphatic carbocycles. The van der Waals surface area contributed by atoms with Gasteiger partial charge < -0.3 is 10.1 Å². The first-order valence-electron chi connectivity index (χ1n) is 6.93. The van der Waals surface area contributed by atoms with E-state index in [-0.39, 0.29) is 10.6 Å². The third-order valence-electron chi connectivity index (χ3n) is 3.61. The quantitative estimate of drug-likeness (QED) is 0.661. The van der Waals surface area contributed by atoms with Crippen molar-refractivity contribution in [3.63, 3.8) is 0 Å². The number of morpholine rings is 1. The van der Waals surface area contributed by atoms with Crippen LogP contribution in [-0.4, -0.2) is 42.7 Å². The minimum atomic E-state index is -0.364. The van der Waals surface area contributed by atoms with Crippen LogP contribution in [0.25, 0.3) is 0 Å². The molecule has 0 aromatic heterocycles. The molecular weight excluding hydrogens is 258 g/mol. The average Bonchev–Trinajstić information content (AvgIpc) is 2.47. The van der Waals surface area contributed by atoms with E-state index < -0.39 is 0 Å². The first-order chi connectivity index (χ1) is 9.63. The van der Waals surface area contributed by atoms with Gasteiger partial charge in [0, 0.05) is 32.7 Å². The molecule has 1 N–H and O–H groups in total. The largest absolute Gasteiger partial charge is 0.383 e. The summed E-state index contributed by atoms with van der Waals surface area (Å²) >= 11 is 0. The number of hydrogen-bond donors (Lipinski definition) is 1. The fourth-order valence-corrected chi connectivity index (χ4v) is 2.47.